The van der Waals surface area contributed by atoms with E-state index in [4.69, 9.17) is 0 Å². The second-order valence-electron chi connectivity index (χ2n) is 7.54. The SMILES string of the molecule is Cc1c(/C=N/N2CCN(C)CC2)c2ccccc2n1S(=O)(=O)c1ccc([N+](=O)[O-])cc1. The van der Waals surface area contributed by atoms with Gasteiger partial charge in [0.05, 0.1) is 21.6 Å². The first kappa shape index (κ1) is 21.0. The summed E-state index contributed by atoms with van der Waals surface area (Å²) in [4.78, 5) is 12.6. The molecule has 3 aromatic rings. The largest absolute Gasteiger partial charge is 0.303 e. The summed E-state index contributed by atoms with van der Waals surface area (Å²) in [5.74, 6) is 0. The minimum absolute atomic E-state index is 0.00971. The van der Waals surface area contributed by atoms with Crippen molar-refractivity contribution in [2.75, 3.05) is 33.2 Å². The van der Waals surface area contributed by atoms with Crippen LogP contribution >= 0.6 is 0 Å². The number of rotatable bonds is 5. The fourth-order valence-electron chi connectivity index (χ4n) is 3.73. The first-order valence-electron chi connectivity index (χ1n) is 9.86. The normalized spacial score (nSPS) is 15.7. The zero-order valence-electron chi connectivity index (χ0n) is 17.3. The molecule has 1 fully saturated rings. The van der Waals surface area contributed by atoms with Crippen molar-refractivity contribution in [1.29, 1.82) is 0 Å². The molecule has 1 aliphatic heterocycles. The number of non-ortho nitro benzene ring substituents is 1. The summed E-state index contributed by atoms with van der Waals surface area (Å²) in [6.45, 7) is 5.21. The highest BCUT2D eigenvalue weighted by Crippen LogP contribution is 2.29. The summed E-state index contributed by atoms with van der Waals surface area (Å²) in [5, 5.41) is 18.3. The number of piperazine rings is 1. The van der Waals surface area contributed by atoms with Crippen LogP contribution in [0.3, 0.4) is 0 Å². The van der Waals surface area contributed by atoms with Gasteiger partial charge < -0.3 is 4.90 Å². The molecule has 31 heavy (non-hydrogen) atoms. The van der Waals surface area contributed by atoms with Gasteiger partial charge in [0.1, 0.15) is 0 Å². The molecule has 0 spiro atoms. The zero-order valence-corrected chi connectivity index (χ0v) is 18.1. The number of nitro groups is 1. The Morgan fingerprint density at radius 2 is 1.68 bits per heavy atom. The molecule has 0 aliphatic carbocycles. The third kappa shape index (κ3) is 3.91. The number of nitrogens with zero attached hydrogens (tertiary/aromatic N) is 5. The van der Waals surface area contributed by atoms with E-state index in [-0.39, 0.29) is 10.6 Å². The number of hydrogen-bond acceptors (Lipinski definition) is 7. The molecule has 1 saturated heterocycles. The Labute approximate surface area is 180 Å². The molecule has 0 unspecified atom stereocenters. The maximum atomic E-state index is 13.4. The van der Waals surface area contributed by atoms with E-state index in [0.717, 1.165) is 37.1 Å². The number of nitro benzene ring substituents is 1. The van der Waals surface area contributed by atoms with Crippen molar-refractivity contribution >= 4 is 32.8 Å². The second kappa shape index (κ2) is 8.12. The van der Waals surface area contributed by atoms with Gasteiger partial charge >= 0.3 is 0 Å². The van der Waals surface area contributed by atoms with Gasteiger partial charge in [0.25, 0.3) is 15.7 Å². The Morgan fingerprint density at radius 1 is 1.03 bits per heavy atom. The Hall–Kier alpha value is -3.24. The summed E-state index contributed by atoms with van der Waals surface area (Å²) in [7, 11) is -1.88. The topological polar surface area (TPSA) is 101 Å². The van der Waals surface area contributed by atoms with Gasteiger partial charge in [0.2, 0.25) is 0 Å². The zero-order chi connectivity index (χ0) is 22.2. The van der Waals surface area contributed by atoms with E-state index < -0.39 is 14.9 Å². The van der Waals surface area contributed by atoms with Gasteiger partial charge in [-0.15, -0.1) is 0 Å². The molecule has 2 aromatic carbocycles. The molecule has 9 nitrogen and oxygen atoms in total. The number of aromatic nitrogens is 1. The van der Waals surface area contributed by atoms with Crippen molar-refractivity contribution in [3.8, 4) is 0 Å². The Morgan fingerprint density at radius 3 is 2.32 bits per heavy atom. The highest BCUT2D eigenvalue weighted by molar-refractivity contribution is 7.90. The van der Waals surface area contributed by atoms with E-state index in [9.17, 15) is 18.5 Å². The van der Waals surface area contributed by atoms with Gasteiger partial charge in [0.15, 0.2) is 0 Å². The molecule has 4 rings (SSSR count). The monoisotopic (exact) mass is 441 g/mol. The molecule has 1 aliphatic rings. The fraction of sp³-hybridized carbons (Fsp3) is 0.286. The van der Waals surface area contributed by atoms with Crippen LogP contribution in [0.25, 0.3) is 10.9 Å². The van der Waals surface area contributed by atoms with Gasteiger partial charge in [-0.25, -0.2) is 12.4 Å². The van der Waals surface area contributed by atoms with Crippen molar-refractivity contribution in [2.45, 2.75) is 11.8 Å². The average Bonchev–Trinajstić information content (AvgIpc) is 3.05. The maximum absolute atomic E-state index is 13.4. The molecule has 1 aromatic heterocycles. The minimum atomic E-state index is -3.96. The highest BCUT2D eigenvalue weighted by atomic mass is 32.2. The molecular weight excluding hydrogens is 418 g/mol. The van der Waals surface area contributed by atoms with Crippen molar-refractivity contribution in [2.24, 2.45) is 5.10 Å². The molecule has 2 heterocycles. The maximum Gasteiger partial charge on any atom is 0.269 e. The summed E-state index contributed by atoms with van der Waals surface area (Å²) in [6, 6.07) is 12.2. The van der Waals surface area contributed by atoms with Crippen LogP contribution in [0.15, 0.2) is 58.5 Å². The van der Waals surface area contributed by atoms with Gasteiger partial charge in [-0.1, -0.05) is 18.2 Å². The number of fused-ring (bicyclic) bond motifs is 1. The molecule has 0 radical (unpaired) electrons. The van der Waals surface area contributed by atoms with Crippen molar-refractivity contribution < 1.29 is 13.3 Å². The Kier molecular flexibility index (Phi) is 5.50. The van der Waals surface area contributed by atoms with Crippen LogP contribution in [0.5, 0.6) is 0 Å². The van der Waals surface area contributed by atoms with E-state index in [1.54, 1.807) is 25.3 Å². The molecule has 0 N–H and O–H groups in total. The van der Waals surface area contributed by atoms with Crippen LogP contribution in [-0.4, -0.2) is 66.7 Å². The van der Waals surface area contributed by atoms with Crippen LogP contribution in [0.4, 0.5) is 5.69 Å². The van der Waals surface area contributed by atoms with E-state index in [1.807, 2.05) is 17.1 Å². The van der Waals surface area contributed by atoms with E-state index >= 15 is 0 Å². The second-order valence-corrected chi connectivity index (χ2v) is 9.32. The van der Waals surface area contributed by atoms with Crippen LogP contribution in [0.1, 0.15) is 11.3 Å². The van der Waals surface area contributed by atoms with Gasteiger partial charge in [-0.05, 0) is 32.2 Å². The van der Waals surface area contributed by atoms with Crippen molar-refractivity contribution in [1.82, 2.24) is 13.9 Å². The van der Waals surface area contributed by atoms with Crippen molar-refractivity contribution in [3.05, 3.63) is 69.9 Å². The molecule has 0 saturated carbocycles. The standard InChI is InChI=1S/C21H23N5O4S/c1-16-20(15-22-24-13-11-23(2)12-14-24)19-5-3-4-6-21(19)25(16)31(29,30)18-9-7-17(8-10-18)26(27)28/h3-10,15H,11-14H2,1-2H3/b22-15+. The third-order valence-corrected chi connectivity index (χ3v) is 7.34. The number of benzene rings is 2. The lowest BCUT2D eigenvalue weighted by Crippen LogP contribution is -2.41. The number of likely N-dealkylation sites (N-methyl/N-ethyl adjacent to an activating group) is 1. The number of para-hydroxylation sites is 1. The molecule has 162 valence electrons. The lowest BCUT2D eigenvalue weighted by molar-refractivity contribution is -0.384. The van der Waals surface area contributed by atoms with Gasteiger partial charge in [0, 0.05) is 55.0 Å². The van der Waals surface area contributed by atoms with Crippen LogP contribution < -0.4 is 0 Å². The van der Waals surface area contributed by atoms with E-state index in [2.05, 4.69) is 17.0 Å². The predicted octanol–water partition coefficient (Wildman–Crippen LogP) is 2.68. The number of hydrogen-bond donors (Lipinski definition) is 0. The van der Waals surface area contributed by atoms with Crippen LogP contribution in [-0.2, 0) is 10.0 Å². The first-order chi connectivity index (χ1) is 14.8. The predicted molar refractivity (Wildman–Crippen MR) is 119 cm³/mol. The van der Waals surface area contributed by atoms with Crippen LogP contribution in [0.2, 0.25) is 0 Å². The fourth-order valence-corrected chi connectivity index (χ4v) is 5.30. The molecule has 10 heteroatoms. The summed E-state index contributed by atoms with van der Waals surface area (Å²) >= 11 is 0. The van der Waals surface area contributed by atoms with E-state index in [0.29, 0.717) is 11.2 Å². The van der Waals surface area contributed by atoms with Gasteiger partial charge in [-0.2, -0.15) is 5.10 Å². The summed E-state index contributed by atoms with van der Waals surface area (Å²) in [5.41, 5.74) is 1.66. The Bertz CT molecular complexity index is 1260. The molecule has 0 atom stereocenters. The van der Waals surface area contributed by atoms with E-state index in [1.165, 1.54) is 28.2 Å². The number of hydrazone groups is 1. The smallest absolute Gasteiger partial charge is 0.269 e. The molecule has 0 amide bonds. The summed E-state index contributed by atoms with van der Waals surface area (Å²) in [6.07, 6.45) is 1.73. The third-order valence-electron chi connectivity index (χ3n) is 5.52. The molecule has 0 bridgehead atoms. The van der Waals surface area contributed by atoms with Crippen molar-refractivity contribution in [3.63, 3.8) is 0 Å². The highest BCUT2D eigenvalue weighted by Gasteiger charge is 2.25. The lowest BCUT2D eigenvalue weighted by atomic mass is 10.1. The lowest BCUT2D eigenvalue weighted by Gasteiger charge is -2.30. The van der Waals surface area contributed by atoms with Gasteiger partial charge in [-0.3, -0.25) is 15.1 Å². The summed E-state index contributed by atoms with van der Waals surface area (Å²) < 4.78 is 28.2. The first-order valence-corrected chi connectivity index (χ1v) is 11.3. The van der Waals surface area contributed by atoms with Crippen LogP contribution in [0, 0.1) is 17.0 Å². The Balaban J connectivity index is 1.78. The minimum Gasteiger partial charge on any atom is -0.303 e. The molecular formula is C21H23N5O4S. The average molecular weight is 442 g/mol. The quantitative estimate of drug-likeness (QED) is 0.343.